The molecule has 20 heavy (non-hydrogen) atoms. The lowest BCUT2D eigenvalue weighted by atomic mass is 9.91. The van der Waals surface area contributed by atoms with Gasteiger partial charge in [0.1, 0.15) is 0 Å². The summed E-state index contributed by atoms with van der Waals surface area (Å²) in [4.78, 5) is 0. The number of rotatable bonds is 2. The van der Waals surface area contributed by atoms with Crippen molar-refractivity contribution < 1.29 is 0 Å². The van der Waals surface area contributed by atoms with Crippen LogP contribution in [0.15, 0.2) is 12.1 Å². The summed E-state index contributed by atoms with van der Waals surface area (Å²) in [5, 5.41) is 4.73. The number of hydrogen-bond acceptors (Lipinski definition) is 2. The van der Waals surface area contributed by atoms with Crippen LogP contribution in [0, 0.1) is 20.8 Å². The van der Waals surface area contributed by atoms with E-state index in [2.05, 4.69) is 37.6 Å². The molecule has 0 saturated carbocycles. The van der Waals surface area contributed by atoms with E-state index in [1.54, 1.807) is 0 Å². The summed E-state index contributed by atoms with van der Waals surface area (Å²) in [6.45, 7) is 8.13. The summed E-state index contributed by atoms with van der Waals surface area (Å²) in [6.07, 6.45) is 3.60. The Morgan fingerprint density at radius 1 is 1.15 bits per heavy atom. The van der Waals surface area contributed by atoms with Gasteiger partial charge in [0.05, 0.1) is 5.69 Å². The Hall–Kier alpha value is -1.61. The summed E-state index contributed by atoms with van der Waals surface area (Å²) >= 11 is 0. The summed E-state index contributed by atoms with van der Waals surface area (Å²) in [7, 11) is 0. The molecule has 0 spiro atoms. The topological polar surface area (TPSA) is 43.8 Å². The first-order chi connectivity index (χ1) is 9.63. The van der Waals surface area contributed by atoms with Gasteiger partial charge in [0, 0.05) is 24.3 Å². The molecule has 0 atom stereocenters. The van der Waals surface area contributed by atoms with Crippen molar-refractivity contribution in [3.8, 4) is 11.1 Å². The highest BCUT2D eigenvalue weighted by molar-refractivity contribution is 5.73. The van der Waals surface area contributed by atoms with Crippen molar-refractivity contribution >= 4 is 0 Å². The van der Waals surface area contributed by atoms with Crippen molar-refractivity contribution in [2.24, 2.45) is 5.73 Å². The fourth-order valence-corrected chi connectivity index (χ4v) is 3.23. The van der Waals surface area contributed by atoms with Crippen LogP contribution < -0.4 is 5.73 Å². The van der Waals surface area contributed by atoms with Crippen molar-refractivity contribution in [2.45, 2.75) is 53.1 Å². The Bertz CT molecular complexity index is 653. The SMILES string of the molecule is Cc1ccc(-c2c(CN)nn3c2CCCC3)c(C)c1C. The van der Waals surface area contributed by atoms with E-state index in [4.69, 9.17) is 10.8 Å². The van der Waals surface area contributed by atoms with Crippen molar-refractivity contribution in [1.29, 1.82) is 0 Å². The second kappa shape index (κ2) is 5.06. The van der Waals surface area contributed by atoms with Crippen LogP contribution in [0.2, 0.25) is 0 Å². The van der Waals surface area contributed by atoms with Gasteiger partial charge >= 0.3 is 0 Å². The van der Waals surface area contributed by atoms with Crippen LogP contribution in [0.4, 0.5) is 0 Å². The highest BCUT2D eigenvalue weighted by Gasteiger charge is 2.22. The number of hydrogen-bond donors (Lipinski definition) is 1. The Labute approximate surface area is 120 Å². The number of aromatic nitrogens is 2. The predicted molar refractivity (Wildman–Crippen MR) is 82.7 cm³/mol. The molecule has 0 amide bonds. The summed E-state index contributed by atoms with van der Waals surface area (Å²) in [5.41, 5.74) is 15.1. The van der Waals surface area contributed by atoms with Crippen LogP contribution in [0.25, 0.3) is 11.1 Å². The molecule has 0 aliphatic carbocycles. The van der Waals surface area contributed by atoms with Gasteiger partial charge in [-0.3, -0.25) is 4.68 Å². The van der Waals surface area contributed by atoms with Gasteiger partial charge in [-0.15, -0.1) is 0 Å². The summed E-state index contributed by atoms with van der Waals surface area (Å²) in [5.74, 6) is 0. The van der Waals surface area contributed by atoms with Gasteiger partial charge in [-0.1, -0.05) is 12.1 Å². The first-order valence-electron chi connectivity index (χ1n) is 7.49. The minimum Gasteiger partial charge on any atom is -0.325 e. The lowest BCUT2D eigenvalue weighted by Gasteiger charge is -2.17. The number of nitrogens with two attached hydrogens (primary N) is 1. The first-order valence-corrected chi connectivity index (χ1v) is 7.49. The third-order valence-corrected chi connectivity index (χ3v) is 4.68. The van der Waals surface area contributed by atoms with E-state index in [9.17, 15) is 0 Å². The quantitative estimate of drug-likeness (QED) is 0.909. The Balaban J connectivity index is 2.24. The maximum absolute atomic E-state index is 5.94. The van der Waals surface area contributed by atoms with Gasteiger partial charge in [-0.2, -0.15) is 5.10 Å². The Morgan fingerprint density at radius 3 is 2.70 bits per heavy atom. The highest BCUT2D eigenvalue weighted by Crippen LogP contribution is 2.34. The van der Waals surface area contributed by atoms with E-state index in [-0.39, 0.29) is 0 Å². The van der Waals surface area contributed by atoms with E-state index in [0.29, 0.717) is 6.54 Å². The highest BCUT2D eigenvalue weighted by atomic mass is 15.3. The van der Waals surface area contributed by atoms with E-state index < -0.39 is 0 Å². The average molecular weight is 269 g/mol. The average Bonchev–Trinajstić information content (AvgIpc) is 2.84. The van der Waals surface area contributed by atoms with Crippen molar-refractivity contribution in [3.05, 3.63) is 40.2 Å². The molecule has 2 N–H and O–H groups in total. The third kappa shape index (κ3) is 1.97. The fraction of sp³-hybridized carbons (Fsp3) is 0.471. The molecule has 3 nitrogen and oxygen atoms in total. The molecule has 0 saturated heterocycles. The second-order valence-corrected chi connectivity index (χ2v) is 5.83. The van der Waals surface area contributed by atoms with Crippen molar-refractivity contribution in [3.63, 3.8) is 0 Å². The van der Waals surface area contributed by atoms with E-state index >= 15 is 0 Å². The zero-order valence-electron chi connectivity index (χ0n) is 12.7. The van der Waals surface area contributed by atoms with Gasteiger partial charge in [0.15, 0.2) is 0 Å². The predicted octanol–water partition coefficient (Wildman–Crippen LogP) is 3.27. The monoisotopic (exact) mass is 269 g/mol. The number of aryl methyl sites for hydroxylation is 2. The molecule has 3 heteroatoms. The van der Waals surface area contributed by atoms with E-state index in [1.807, 2.05) is 0 Å². The molecule has 0 unspecified atom stereocenters. The smallest absolute Gasteiger partial charge is 0.0841 e. The van der Waals surface area contributed by atoms with Gasteiger partial charge < -0.3 is 5.73 Å². The largest absolute Gasteiger partial charge is 0.325 e. The lowest BCUT2D eigenvalue weighted by molar-refractivity contribution is 0.484. The molecule has 3 rings (SSSR count). The maximum Gasteiger partial charge on any atom is 0.0841 e. The van der Waals surface area contributed by atoms with Crippen LogP contribution in [-0.4, -0.2) is 9.78 Å². The normalized spacial score (nSPS) is 14.4. The minimum atomic E-state index is 0.516. The lowest BCUT2D eigenvalue weighted by Crippen LogP contribution is -2.11. The summed E-state index contributed by atoms with van der Waals surface area (Å²) < 4.78 is 2.18. The van der Waals surface area contributed by atoms with Gasteiger partial charge in [-0.05, 0) is 62.3 Å². The molecule has 1 aromatic heterocycles. The molecule has 2 aromatic rings. The molecule has 2 heterocycles. The van der Waals surface area contributed by atoms with Crippen LogP contribution in [0.3, 0.4) is 0 Å². The van der Waals surface area contributed by atoms with Crippen LogP contribution in [0.5, 0.6) is 0 Å². The minimum absolute atomic E-state index is 0.516. The van der Waals surface area contributed by atoms with Crippen molar-refractivity contribution in [1.82, 2.24) is 9.78 Å². The molecule has 1 aliphatic rings. The fourth-order valence-electron chi connectivity index (χ4n) is 3.23. The zero-order chi connectivity index (χ0) is 14.3. The Kier molecular flexibility index (Phi) is 3.38. The molecular formula is C17H23N3. The molecule has 0 bridgehead atoms. The van der Waals surface area contributed by atoms with Gasteiger partial charge in [0.2, 0.25) is 0 Å². The Morgan fingerprint density at radius 2 is 1.95 bits per heavy atom. The first kappa shape index (κ1) is 13.4. The van der Waals surface area contributed by atoms with Crippen LogP contribution in [0.1, 0.15) is 40.9 Å². The third-order valence-electron chi connectivity index (χ3n) is 4.68. The molecule has 0 fully saturated rings. The maximum atomic E-state index is 5.94. The molecule has 1 aromatic carbocycles. The van der Waals surface area contributed by atoms with Crippen LogP contribution >= 0.6 is 0 Å². The van der Waals surface area contributed by atoms with E-state index in [1.165, 1.54) is 46.4 Å². The molecule has 1 aliphatic heterocycles. The standard InChI is InChI=1S/C17H23N3/c1-11-7-8-14(13(3)12(11)2)17-15(10-18)19-20-9-5-4-6-16(17)20/h7-8H,4-6,9-10,18H2,1-3H3. The zero-order valence-corrected chi connectivity index (χ0v) is 12.7. The van der Waals surface area contributed by atoms with Gasteiger partial charge in [-0.25, -0.2) is 0 Å². The number of fused-ring (bicyclic) bond motifs is 1. The van der Waals surface area contributed by atoms with Gasteiger partial charge in [0.25, 0.3) is 0 Å². The van der Waals surface area contributed by atoms with E-state index in [0.717, 1.165) is 18.7 Å². The molecule has 0 radical (unpaired) electrons. The number of nitrogens with zero attached hydrogens (tertiary/aromatic N) is 2. The molecular weight excluding hydrogens is 246 g/mol. The number of benzene rings is 1. The second-order valence-electron chi connectivity index (χ2n) is 5.83. The summed E-state index contributed by atoms with van der Waals surface area (Å²) in [6, 6.07) is 4.45. The molecule has 106 valence electrons. The van der Waals surface area contributed by atoms with Crippen molar-refractivity contribution in [2.75, 3.05) is 0 Å². The van der Waals surface area contributed by atoms with Crippen LogP contribution in [-0.2, 0) is 19.5 Å².